The van der Waals surface area contributed by atoms with Gasteiger partial charge in [-0.3, -0.25) is 0 Å². The van der Waals surface area contributed by atoms with Crippen molar-refractivity contribution < 1.29 is 4.74 Å². The van der Waals surface area contributed by atoms with Crippen LogP contribution in [-0.4, -0.2) is 25.1 Å². The summed E-state index contributed by atoms with van der Waals surface area (Å²) in [5, 5.41) is 0. The predicted octanol–water partition coefficient (Wildman–Crippen LogP) is 2.51. The highest BCUT2D eigenvalue weighted by molar-refractivity contribution is 5.47. The molecule has 0 saturated heterocycles. The molecule has 1 aromatic carbocycles. The van der Waals surface area contributed by atoms with Crippen molar-refractivity contribution in [1.82, 2.24) is 4.90 Å². The summed E-state index contributed by atoms with van der Waals surface area (Å²) < 4.78 is 5.63. The SMILES string of the molecule is CCOc1ccc(N)cc1CN(C)CC1CC1. The van der Waals surface area contributed by atoms with Crippen molar-refractivity contribution in [3.63, 3.8) is 0 Å². The van der Waals surface area contributed by atoms with Crippen LogP contribution in [-0.2, 0) is 6.54 Å². The van der Waals surface area contributed by atoms with Crippen LogP contribution in [0.3, 0.4) is 0 Å². The molecule has 1 saturated carbocycles. The Balaban J connectivity index is 2.03. The molecule has 0 heterocycles. The van der Waals surface area contributed by atoms with Gasteiger partial charge in [0, 0.05) is 24.3 Å². The molecule has 0 atom stereocenters. The molecule has 0 aromatic heterocycles. The van der Waals surface area contributed by atoms with Crippen molar-refractivity contribution in [2.24, 2.45) is 5.92 Å². The average molecular weight is 234 g/mol. The Labute approximate surface area is 104 Å². The van der Waals surface area contributed by atoms with Gasteiger partial charge in [-0.2, -0.15) is 0 Å². The number of benzene rings is 1. The second-order valence-corrected chi connectivity index (χ2v) is 4.94. The number of nitrogen functional groups attached to an aromatic ring is 1. The molecule has 1 aliphatic carbocycles. The van der Waals surface area contributed by atoms with Gasteiger partial charge in [0.25, 0.3) is 0 Å². The van der Waals surface area contributed by atoms with Gasteiger partial charge in [0.2, 0.25) is 0 Å². The van der Waals surface area contributed by atoms with Crippen LogP contribution in [0.1, 0.15) is 25.3 Å². The molecule has 0 spiro atoms. The summed E-state index contributed by atoms with van der Waals surface area (Å²) in [6, 6.07) is 5.89. The summed E-state index contributed by atoms with van der Waals surface area (Å²) in [6.45, 7) is 4.80. The molecule has 3 heteroatoms. The minimum absolute atomic E-state index is 0.698. The minimum atomic E-state index is 0.698. The summed E-state index contributed by atoms with van der Waals surface area (Å²) in [6.07, 6.45) is 2.78. The van der Waals surface area contributed by atoms with Crippen LogP contribution in [0.2, 0.25) is 0 Å². The van der Waals surface area contributed by atoms with Gasteiger partial charge < -0.3 is 15.4 Å². The van der Waals surface area contributed by atoms with E-state index in [2.05, 4.69) is 11.9 Å². The van der Waals surface area contributed by atoms with Gasteiger partial charge in [0.1, 0.15) is 5.75 Å². The number of nitrogens with two attached hydrogens (primary N) is 1. The first-order valence-corrected chi connectivity index (χ1v) is 6.38. The maximum atomic E-state index is 5.84. The van der Waals surface area contributed by atoms with Gasteiger partial charge in [0.05, 0.1) is 6.61 Å². The van der Waals surface area contributed by atoms with Crippen molar-refractivity contribution in [3.05, 3.63) is 23.8 Å². The Kier molecular flexibility index (Phi) is 3.89. The van der Waals surface area contributed by atoms with Crippen LogP contribution >= 0.6 is 0 Å². The fourth-order valence-corrected chi connectivity index (χ4v) is 2.12. The summed E-state index contributed by atoms with van der Waals surface area (Å²) in [5.74, 6) is 1.88. The molecule has 2 rings (SSSR count). The van der Waals surface area contributed by atoms with E-state index < -0.39 is 0 Å². The van der Waals surface area contributed by atoms with E-state index in [9.17, 15) is 0 Å². The smallest absolute Gasteiger partial charge is 0.123 e. The van der Waals surface area contributed by atoms with E-state index in [0.29, 0.717) is 6.61 Å². The van der Waals surface area contributed by atoms with Crippen LogP contribution in [0.15, 0.2) is 18.2 Å². The number of hydrogen-bond donors (Lipinski definition) is 1. The van der Waals surface area contributed by atoms with Crippen LogP contribution in [0.5, 0.6) is 5.75 Å². The number of anilines is 1. The Hall–Kier alpha value is -1.22. The summed E-state index contributed by atoms with van der Waals surface area (Å²) in [5.41, 5.74) is 7.84. The Bertz CT molecular complexity index is 374. The van der Waals surface area contributed by atoms with Gasteiger partial charge in [-0.05, 0) is 50.9 Å². The van der Waals surface area contributed by atoms with Crippen LogP contribution in [0.4, 0.5) is 5.69 Å². The molecule has 17 heavy (non-hydrogen) atoms. The van der Waals surface area contributed by atoms with Gasteiger partial charge in [-0.1, -0.05) is 0 Å². The average Bonchev–Trinajstić information content (AvgIpc) is 3.06. The highest BCUT2D eigenvalue weighted by atomic mass is 16.5. The molecule has 0 amide bonds. The first-order chi connectivity index (χ1) is 8.19. The second kappa shape index (κ2) is 5.41. The maximum absolute atomic E-state index is 5.84. The van der Waals surface area contributed by atoms with Crippen LogP contribution < -0.4 is 10.5 Å². The molecule has 3 nitrogen and oxygen atoms in total. The van der Waals surface area contributed by atoms with E-state index in [-0.39, 0.29) is 0 Å². The van der Waals surface area contributed by atoms with E-state index >= 15 is 0 Å². The van der Waals surface area contributed by atoms with Crippen molar-refractivity contribution in [2.75, 3.05) is 25.9 Å². The summed E-state index contributed by atoms with van der Waals surface area (Å²) in [4.78, 5) is 2.36. The normalized spacial score (nSPS) is 15.2. The van der Waals surface area contributed by atoms with E-state index in [1.165, 1.54) is 24.9 Å². The van der Waals surface area contributed by atoms with E-state index in [0.717, 1.165) is 23.9 Å². The Morgan fingerprint density at radius 3 is 2.82 bits per heavy atom. The minimum Gasteiger partial charge on any atom is -0.494 e. The van der Waals surface area contributed by atoms with Gasteiger partial charge in [0.15, 0.2) is 0 Å². The molecule has 94 valence electrons. The van der Waals surface area contributed by atoms with Crippen molar-refractivity contribution in [3.8, 4) is 5.75 Å². The van der Waals surface area contributed by atoms with Crippen molar-refractivity contribution in [2.45, 2.75) is 26.3 Å². The van der Waals surface area contributed by atoms with Crippen molar-refractivity contribution in [1.29, 1.82) is 0 Å². The fourth-order valence-electron chi connectivity index (χ4n) is 2.12. The lowest BCUT2D eigenvalue weighted by Gasteiger charge is -2.19. The molecular formula is C14H22N2O. The second-order valence-electron chi connectivity index (χ2n) is 4.94. The molecule has 0 aliphatic heterocycles. The number of nitrogens with zero attached hydrogens (tertiary/aromatic N) is 1. The molecule has 0 radical (unpaired) electrons. The Morgan fingerprint density at radius 2 is 2.18 bits per heavy atom. The Morgan fingerprint density at radius 1 is 1.41 bits per heavy atom. The molecule has 2 N–H and O–H groups in total. The first-order valence-electron chi connectivity index (χ1n) is 6.38. The van der Waals surface area contributed by atoms with Crippen LogP contribution in [0.25, 0.3) is 0 Å². The third kappa shape index (κ3) is 3.63. The lowest BCUT2D eigenvalue weighted by Crippen LogP contribution is -2.21. The van der Waals surface area contributed by atoms with E-state index in [1.54, 1.807) is 0 Å². The fraction of sp³-hybridized carbons (Fsp3) is 0.571. The number of hydrogen-bond acceptors (Lipinski definition) is 3. The highest BCUT2D eigenvalue weighted by Crippen LogP contribution is 2.30. The van der Waals surface area contributed by atoms with E-state index in [1.807, 2.05) is 25.1 Å². The zero-order valence-corrected chi connectivity index (χ0v) is 10.8. The van der Waals surface area contributed by atoms with Gasteiger partial charge in [-0.15, -0.1) is 0 Å². The highest BCUT2D eigenvalue weighted by Gasteiger charge is 2.23. The largest absolute Gasteiger partial charge is 0.494 e. The predicted molar refractivity (Wildman–Crippen MR) is 71.1 cm³/mol. The standard InChI is InChI=1S/C14H22N2O/c1-3-17-14-7-6-13(15)8-12(14)10-16(2)9-11-4-5-11/h6-8,11H,3-5,9-10,15H2,1-2H3. The zero-order chi connectivity index (χ0) is 12.3. The first kappa shape index (κ1) is 12.2. The maximum Gasteiger partial charge on any atom is 0.123 e. The third-order valence-electron chi connectivity index (χ3n) is 3.09. The number of ether oxygens (including phenoxy) is 1. The molecule has 1 aliphatic rings. The van der Waals surface area contributed by atoms with Crippen molar-refractivity contribution >= 4 is 5.69 Å². The third-order valence-corrected chi connectivity index (χ3v) is 3.09. The molecular weight excluding hydrogens is 212 g/mol. The van der Waals surface area contributed by atoms with Gasteiger partial charge >= 0.3 is 0 Å². The monoisotopic (exact) mass is 234 g/mol. The molecule has 1 aromatic rings. The van der Waals surface area contributed by atoms with Crippen LogP contribution in [0, 0.1) is 5.92 Å². The lowest BCUT2D eigenvalue weighted by molar-refractivity contribution is 0.295. The topological polar surface area (TPSA) is 38.5 Å². The molecule has 0 unspecified atom stereocenters. The zero-order valence-electron chi connectivity index (χ0n) is 10.8. The lowest BCUT2D eigenvalue weighted by atomic mass is 10.1. The summed E-state index contributed by atoms with van der Waals surface area (Å²) in [7, 11) is 2.16. The van der Waals surface area contributed by atoms with E-state index in [4.69, 9.17) is 10.5 Å². The number of rotatable bonds is 6. The molecule has 0 bridgehead atoms. The van der Waals surface area contributed by atoms with Gasteiger partial charge in [-0.25, -0.2) is 0 Å². The summed E-state index contributed by atoms with van der Waals surface area (Å²) >= 11 is 0. The quantitative estimate of drug-likeness (QED) is 0.769. The molecule has 1 fully saturated rings.